The Morgan fingerprint density at radius 1 is 0.941 bits per heavy atom. The Hall–Kier alpha value is -5.42. The zero-order valence-electron chi connectivity index (χ0n) is 41.8. The summed E-state index contributed by atoms with van der Waals surface area (Å²) in [6, 6.07) is 16.2. The second-order valence-electron chi connectivity index (χ2n) is 20.1. The minimum Gasteiger partial charge on any atom is -0.373 e. The minimum absolute atomic E-state index is 0. The molecular formula is C51H77N11O5S. The van der Waals surface area contributed by atoms with Gasteiger partial charge in [-0.25, -0.2) is 9.97 Å². The van der Waals surface area contributed by atoms with Gasteiger partial charge in [-0.1, -0.05) is 45.9 Å². The molecule has 0 saturated carbocycles. The number of rotatable bonds is 18. The Kier molecular flexibility index (Phi) is 18.7. The average molecular weight is 956 g/mol. The van der Waals surface area contributed by atoms with E-state index >= 15 is 0 Å². The van der Waals surface area contributed by atoms with Gasteiger partial charge in [0, 0.05) is 100 Å². The van der Waals surface area contributed by atoms with E-state index in [4.69, 9.17) is 0 Å². The number of piperazine rings is 1. The first-order chi connectivity index (χ1) is 32.0. The minimum atomic E-state index is -0.726. The summed E-state index contributed by atoms with van der Waals surface area (Å²) in [4.78, 5) is 82.2. The number of aromatic nitrogens is 2. The highest BCUT2D eigenvalue weighted by Gasteiger charge is 2.42. The lowest BCUT2D eigenvalue weighted by Crippen LogP contribution is -2.66. The van der Waals surface area contributed by atoms with Crippen molar-refractivity contribution in [3.63, 3.8) is 0 Å². The molecule has 4 aliphatic rings. The molecule has 1 unspecified atom stereocenters. The third-order valence-electron chi connectivity index (χ3n) is 14.0. The Bertz CT molecular complexity index is 2190. The topological polar surface area (TPSA) is 175 Å². The van der Waals surface area contributed by atoms with Gasteiger partial charge in [0.2, 0.25) is 24.1 Å². The maximum absolute atomic E-state index is 13.5. The van der Waals surface area contributed by atoms with Crippen molar-refractivity contribution < 1.29 is 24.0 Å². The summed E-state index contributed by atoms with van der Waals surface area (Å²) in [6.45, 7) is 22.3. The van der Waals surface area contributed by atoms with Crippen molar-refractivity contribution in [1.82, 2.24) is 35.7 Å². The average Bonchev–Trinajstić information content (AvgIpc) is 3.65. The lowest BCUT2D eigenvalue weighted by molar-refractivity contribution is -0.129. The number of amides is 5. The number of carbonyl (C=O) groups excluding carboxylic acids is 5. The molecule has 2 aromatic carbocycles. The standard InChI is InChI=1S/C49H69N11O5.C2H6.H2S/c1-35(11-16-43(62)54-34-61)60-29-39-38(45(60)64)9-7-10-40(39)56(6)31-48(4,5)46(65)51-22-8-21-50-41-27-42(53-33-52-41)58-25-19-49(20-26-58)32-59(30-44(63)55-49)37-14-12-36(13-15-37)28-57-23-17-47(2,3)18-24-57;1-2;/h7,9-10,12-15,27,33-35H,8,11,16-26,28-32H2,1-6H3,(H,51,65)(H,55,63)(H,50,52,53)(H,54,61,62);1-2H3;1H2. The molecule has 68 heavy (non-hydrogen) atoms. The highest BCUT2D eigenvalue weighted by atomic mass is 32.1. The van der Waals surface area contributed by atoms with Crippen molar-refractivity contribution in [3.8, 4) is 0 Å². The fourth-order valence-electron chi connectivity index (χ4n) is 9.78. The molecular weight excluding hydrogens is 879 g/mol. The fraction of sp³-hybridized carbons (Fsp3) is 0.588. The Morgan fingerprint density at radius 2 is 1.65 bits per heavy atom. The number of anilines is 4. The molecule has 17 heteroatoms. The van der Waals surface area contributed by atoms with Crippen molar-refractivity contribution >= 4 is 66.5 Å². The summed E-state index contributed by atoms with van der Waals surface area (Å²) >= 11 is 0. The first-order valence-electron chi connectivity index (χ1n) is 24.4. The lowest BCUT2D eigenvalue weighted by Gasteiger charge is -2.48. The molecule has 1 atom stereocenters. The van der Waals surface area contributed by atoms with Crippen molar-refractivity contribution in [1.29, 1.82) is 0 Å². The van der Waals surface area contributed by atoms with E-state index in [2.05, 4.69) is 84.0 Å². The molecule has 372 valence electrons. The van der Waals surface area contributed by atoms with E-state index < -0.39 is 5.41 Å². The van der Waals surface area contributed by atoms with E-state index in [-0.39, 0.29) is 55.1 Å². The number of piperidine rings is 2. The number of likely N-dealkylation sites (tertiary alicyclic amines) is 1. The van der Waals surface area contributed by atoms with Crippen LogP contribution in [0, 0.1) is 10.8 Å². The molecule has 7 rings (SSSR count). The van der Waals surface area contributed by atoms with E-state index in [0.717, 1.165) is 80.7 Å². The van der Waals surface area contributed by atoms with E-state index in [9.17, 15) is 24.0 Å². The van der Waals surface area contributed by atoms with Crippen LogP contribution in [0.4, 0.5) is 23.0 Å². The van der Waals surface area contributed by atoms with Crippen molar-refractivity contribution in [2.75, 3.05) is 86.0 Å². The summed E-state index contributed by atoms with van der Waals surface area (Å²) < 4.78 is 0. The van der Waals surface area contributed by atoms with Gasteiger partial charge in [-0.2, -0.15) is 13.5 Å². The molecule has 16 nitrogen and oxygen atoms in total. The van der Waals surface area contributed by atoms with Gasteiger partial charge in [0.05, 0.1) is 17.5 Å². The first-order valence-corrected chi connectivity index (χ1v) is 24.4. The quantitative estimate of drug-likeness (QED) is 0.0908. The SMILES string of the molecule is CC.CC(CCC(=O)NC=O)N1Cc2c(cccc2N(C)CC(C)(C)C(=O)NCCCNc2cc(N3CCC4(CC3)CN(c3ccc(CN5CCC(C)(C)CC5)cc3)CC(=O)N4)ncn2)C1=O.S. The van der Waals surface area contributed by atoms with Crippen LogP contribution in [0.1, 0.15) is 115 Å². The van der Waals surface area contributed by atoms with Crippen LogP contribution in [0.25, 0.3) is 0 Å². The molecule has 5 amide bonds. The van der Waals surface area contributed by atoms with E-state index in [1.807, 2.05) is 70.8 Å². The molecule has 5 heterocycles. The number of benzene rings is 2. The van der Waals surface area contributed by atoms with Crippen LogP contribution in [0.5, 0.6) is 0 Å². The maximum atomic E-state index is 13.5. The summed E-state index contributed by atoms with van der Waals surface area (Å²) in [5, 5.41) is 12.0. The number of hydrogen-bond donors (Lipinski definition) is 4. The highest BCUT2D eigenvalue weighted by molar-refractivity contribution is 7.59. The van der Waals surface area contributed by atoms with Gasteiger partial charge in [-0.3, -0.25) is 34.2 Å². The van der Waals surface area contributed by atoms with Gasteiger partial charge in [0.15, 0.2) is 0 Å². The zero-order valence-corrected chi connectivity index (χ0v) is 42.8. The second-order valence-corrected chi connectivity index (χ2v) is 20.1. The van der Waals surface area contributed by atoms with Crippen LogP contribution in [0.15, 0.2) is 54.9 Å². The zero-order chi connectivity index (χ0) is 48.4. The maximum Gasteiger partial charge on any atom is 0.254 e. The summed E-state index contributed by atoms with van der Waals surface area (Å²) in [5.74, 6) is 1.11. The van der Waals surface area contributed by atoms with Crippen LogP contribution in [-0.4, -0.2) is 127 Å². The summed E-state index contributed by atoms with van der Waals surface area (Å²) in [7, 11) is 1.94. The summed E-state index contributed by atoms with van der Waals surface area (Å²) in [6.07, 6.45) is 7.32. The van der Waals surface area contributed by atoms with Crippen molar-refractivity contribution in [2.45, 2.75) is 118 Å². The van der Waals surface area contributed by atoms with Crippen LogP contribution in [-0.2, 0) is 32.3 Å². The number of carbonyl (C=O) groups is 5. The van der Waals surface area contributed by atoms with Crippen LogP contribution >= 0.6 is 13.5 Å². The molecule has 4 aliphatic heterocycles. The highest BCUT2D eigenvalue weighted by Crippen LogP contribution is 2.36. The Morgan fingerprint density at radius 3 is 2.34 bits per heavy atom. The van der Waals surface area contributed by atoms with Gasteiger partial charge >= 0.3 is 0 Å². The Labute approximate surface area is 411 Å². The predicted molar refractivity (Wildman–Crippen MR) is 275 cm³/mol. The van der Waals surface area contributed by atoms with Crippen molar-refractivity contribution in [2.24, 2.45) is 10.8 Å². The van der Waals surface area contributed by atoms with Gasteiger partial charge in [-0.15, -0.1) is 0 Å². The van der Waals surface area contributed by atoms with Crippen LogP contribution in [0.3, 0.4) is 0 Å². The van der Waals surface area contributed by atoms with Gasteiger partial charge in [0.25, 0.3) is 5.91 Å². The molecule has 3 saturated heterocycles. The molecule has 4 N–H and O–H groups in total. The van der Waals surface area contributed by atoms with E-state index in [1.165, 1.54) is 18.4 Å². The van der Waals surface area contributed by atoms with E-state index in [1.54, 1.807) is 11.2 Å². The molecule has 0 bridgehead atoms. The predicted octanol–water partition coefficient (Wildman–Crippen LogP) is 5.69. The molecule has 1 spiro atoms. The molecule has 3 fully saturated rings. The second kappa shape index (κ2) is 23.7. The number of nitrogens with one attached hydrogen (secondary N) is 4. The number of hydrogen-bond acceptors (Lipinski definition) is 12. The number of fused-ring (bicyclic) bond motifs is 1. The third-order valence-corrected chi connectivity index (χ3v) is 14.0. The smallest absolute Gasteiger partial charge is 0.254 e. The van der Waals surface area contributed by atoms with Gasteiger partial charge in [-0.05, 0) is 108 Å². The molecule has 1 aromatic heterocycles. The van der Waals surface area contributed by atoms with Gasteiger partial charge < -0.3 is 35.6 Å². The normalized spacial score (nSPS) is 18.0. The fourth-order valence-corrected chi connectivity index (χ4v) is 9.78. The number of nitrogens with zero attached hydrogens (tertiary/aromatic N) is 7. The number of imide groups is 1. The third kappa shape index (κ3) is 13.6. The molecule has 0 radical (unpaired) electrons. The van der Waals surface area contributed by atoms with Crippen LogP contribution in [0.2, 0.25) is 0 Å². The molecule has 3 aromatic rings. The van der Waals surface area contributed by atoms with Crippen LogP contribution < -0.4 is 36.0 Å². The summed E-state index contributed by atoms with van der Waals surface area (Å²) in [5.41, 5.74) is 4.24. The van der Waals surface area contributed by atoms with E-state index in [0.29, 0.717) is 63.0 Å². The largest absolute Gasteiger partial charge is 0.373 e. The Balaban J connectivity index is 0.00000284. The van der Waals surface area contributed by atoms with Crippen molar-refractivity contribution in [3.05, 3.63) is 71.5 Å². The first kappa shape index (κ1) is 53.5. The molecule has 0 aliphatic carbocycles. The monoisotopic (exact) mass is 956 g/mol. The lowest BCUT2D eigenvalue weighted by atomic mass is 9.82. The van der Waals surface area contributed by atoms with Gasteiger partial charge in [0.1, 0.15) is 18.0 Å².